The Bertz CT molecular complexity index is 1440. The summed E-state index contributed by atoms with van der Waals surface area (Å²) in [5.74, 6) is 5.87. The van der Waals surface area contributed by atoms with E-state index in [1.54, 1.807) is 42.2 Å². The van der Waals surface area contributed by atoms with E-state index in [-0.39, 0.29) is 6.42 Å². The fraction of sp³-hybridized carbons (Fsp3) is 0.419. The van der Waals surface area contributed by atoms with Crippen molar-refractivity contribution in [1.29, 1.82) is 0 Å². The van der Waals surface area contributed by atoms with Crippen LogP contribution >= 0.6 is 0 Å². The highest BCUT2D eigenvalue weighted by Crippen LogP contribution is 2.34. The minimum absolute atomic E-state index is 0.300. The zero-order valence-electron chi connectivity index (χ0n) is 26.0. The lowest BCUT2D eigenvalue weighted by Gasteiger charge is -2.36. The van der Waals surface area contributed by atoms with Crippen LogP contribution in [0.15, 0.2) is 65.3 Å². The van der Waals surface area contributed by atoms with Crippen molar-refractivity contribution in [2.24, 2.45) is 18.6 Å². The van der Waals surface area contributed by atoms with Gasteiger partial charge in [-0.1, -0.05) is 26.0 Å². The number of hydrogen-bond acceptors (Lipinski definition) is 7. The van der Waals surface area contributed by atoms with Crippen LogP contribution in [0.5, 0.6) is 0 Å². The molecule has 5 N–H and O–H groups in total. The van der Waals surface area contributed by atoms with E-state index in [2.05, 4.69) is 15.3 Å². The van der Waals surface area contributed by atoms with Crippen LogP contribution in [0.1, 0.15) is 54.4 Å². The Hall–Kier alpha value is -4.03. The van der Waals surface area contributed by atoms with Gasteiger partial charge in [0.25, 0.3) is 5.91 Å². The fourth-order valence-corrected chi connectivity index (χ4v) is 4.85. The Morgan fingerprint density at radius 3 is 2.33 bits per heavy atom. The van der Waals surface area contributed by atoms with Gasteiger partial charge in [-0.3, -0.25) is 14.5 Å². The number of aryl methyl sites for hydroxylation is 2. The summed E-state index contributed by atoms with van der Waals surface area (Å²) in [5.41, 5.74) is 10.7. The van der Waals surface area contributed by atoms with Crippen molar-refractivity contribution in [2.75, 3.05) is 38.2 Å². The maximum absolute atomic E-state index is 13.8. The molecule has 1 amide bonds. The van der Waals surface area contributed by atoms with Crippen LogP contribution in [-0.4, -0.2) is 64.9 Å². The number of benzene rings is 1. The van der Waals surface area contributed by atoms with Crippen LogP contribution in [0.2, 0.25) is 0 Å². The van der Waals surface area contributed by atoms with E-state index in [0.717, 1.165) is 29.9 Å². The number of amides is 1. The number of hydrogen-bond donors (Lipinski definition) is 3. The first-order chi connectivity index (χ1) is 20.3. The standard InChI is InChI=1S/C29H37F3N8O.C2H6/c1-18-6-7-21(14-26(18)40(34)17-24(33)23-16-35-38(5)20(23)3)28(41)36-25-9-8-22(29(30,31)32)15-27(19(25)2)39-12-10-37(4)11-13-39;1-2/h6-7,9,14-17H,8,10-13,33-34H2,1-5H3,(H,36,41);1-2H3/b24-17-;. The maximum atomic E-state index is 13.8. The fourth-order valence-electron chi connectivity index (χ4n) is 4.85. The molecule has 0 bridgehead atoms. The lowest BCUT2D eigenvalue weighted by molar-refractivity contribution is -0.0930. The van der Waals surface area contributed by atoms with Crippen LogP contribution in [0, 0.1) is 13.8 Å². The second kappa shape index (κ2) is 14.0. The summed E-state index contributed by atoms with van der Waals surface area (Å²) >= 11 is 0. The second-order valence-electron chi connectivity index (χ2n) is 10.5. The largest absolute Gasteiger partial charge is 0.413 e. The Balaban J connectivity index is 0.00000248. The SMILES string of the molecule is CC.CC1=C(N2CCN(C)CC2)C=C(C(F)(F)F)CC=C1NC(=O)c1ccc(C)c(N(N)/C=C(\N)c2cnn(C)c2C)c1. The van der Waals surface area contributed by atoms with Gasteiger partial charge in [-0.05, 0) is 63.6 Å². The molecule has 1 aliphatic carbocycles. The number of nitrogens with zero attached hydrogens (tertiary/aromatic N) is 5. The van der Waals surface area contributed by atoms with E-state index >= 15 is 0 Å². The molecule has 2 aromatic rings. The molecule has 12 heteroatoms. The number of aromatic nitrogens is 2. The number of nitrogens with one attached hydrogen (secondary N) is 1. The minimum Gasteiger partial charge on any atom is -0.397 e. The molecule has 2 aliphatic rings. The van der Waals surface area contributed by atoms with Gasteiger partial charge < -0.3 is 20.9 Å². The highest BCUT2D eigenvalue weighted by atomic mass is 19.4. The molecule has 1 aliphatic heterocycles. The predicted molar refractivity (Wildman–Crippen MR) is 165 cm³/mol. The smallest absolute Gasteiger partial charge is 0.397 e. The zero-order chi connectivity index (χ0) is 32.1. The molecule has 0 unspecified atom stereocenters. The summed E-state index contributed by atoms with van der Waals surface area (Å²) in [6.45, 7) is 12.1. The van der Waals surface area contributed by atoms with Crippen LogP contribution in [0.3, 0.4) is 0 Å². The number of alkyl halides is 3. The summed E-state index contributed by atoms with van der Waals surface area (Å²) in [7, 11) is 3.80. The van der Waals surface area contributed by atoms with Gasteiger partial charge in [0.1, 0.15) is 0 Å². The van der Waals surface area contributed by atoms with E-state index in [9.17, 15) is 18.0 Å². The molecular formula is C31H43F3N8O. The maximum Gasteiger partial charge on any atom is 0.413 e. The lowest BCUT2D eigenvalue weighted by Crippen LogP contribution is -2.44. The Kier molecular flexibility index (Phi) is 10.9. The molecule has 43 heavy (non-hydrogen) atoms. The average molecular weight is 601 g/mol. The summed E-state index contributed by atoms with van der Waals surface area (Å²) in [6.07, 6.45) is 1.03. The summed E-state index contributed by atoms with van der Waals surface area (Å²) in [4.78, 5) is 17.5. The molecular weight excluding hydrogens is 557 g/mol. The third-order valence-electron chi connectivity index (χ3n) is 7.66. The Morgan fingerprint density at radius 1 is 1.09 bits per heavy atom. The van der Waals surface area contributed by atoms with Gasteiger partial charge in [-0.25, -0.2) is 5.84 Å². The van der Waals surface area contributed by atoms with Crippen LogP contribution in [0.25, 0.3) is 5.70 Å². The normalized spacial score (nSPS) is 16.6. The highest BCUT2D eigenvalue weighted by Gasteiger charge is 2.35. The lowest BCUT2D eigenvalue weighted by atomic mass is 10.1. The number of allylic oxidation sites excluding steroid dienone is 4. The zero-order valence-corrected chi connectivity index (χ0v) is 26.0. The first-order valence-electron chi connectivity index (χ1n) is 14.3. The molecule has 1 aromatic heterocycles. The number of likely N-dealkylation sites (N-methyl/N-ethyl adjacent to an activating group) is 1. The average Bonchev–Trinajstić information content (AvgIpc) is 3.20. The highest BCUT2D eigenvalue weighted by molar-refractivity contribution is 5.97. The Morgan fingerprint density at radius 2 is 1.74 bits per heavy atom. The van der Waals surface area contributed by atoms with Crippen molar-refractivity contribution in [2.45, 2.75) is 47.2 Å². The van der Waals surface area contributed by atoms with Crippen molar-refractivity contribution in [3.63, 3.8) is 0 Å². The van der Waals surface area contributed by atoms with Crippen LogP contribution in [0.4, 0.5) is 18.9 Å². The van der Waals surface area contributed by atoms with Gasteiger partial charge in [0.2, 0.25) is 0 Å². The van der Waals surface area contributed by atoms with Gasteiger partial charge >= 0.3 is 6.18 Å². The predicted octanol–water partition coefficient (Wildman–Crippen LogP) is 4.73. The first-order valence-corrected chi connectivity index (χ1v) is 14.3. The summed E-state index contributed by atoms with van der Waals surface area (Å²) < 4.78 is 43.2. The van der Waals surface area contributed by atoms with Crippen molar-refractivity contribution >= 4 is 17.3 Å². The number of carbonyl (C=O) groups excluding carboxylic acids is 1. The van der Waals surface area contributed by atoms with Gasteiger partial charge in [-0.2, -0.15) is 18.3 Å². The summed E-state index contributed by atoms with van der Waals surface area (Å²) in [6, 6.07) is 5.03. The second-order valence-corrected chi connectivity index (χ2v) is 10.5. The number of halogens is 3. The van der Waals surface area contributed by atoms with E-state index in [1.165, 1.54) is 17.2 Å². The van der Waals surface area contributed by atoms with Gasteiger partial charge in [0.15, 0.2) is 0 Å². The number of nitrogens with two attached hydrogens (primary N) is 2. The molecule has 4 rings (SSSR count). The minimum atomic E-state index is -4.48. The number of carbonyl (C=O) groups is 1. The third kappa shape index (κ3) is 7.88. The molecule has 0 spiro atoms. The van der Waals surface area contributed by atoms with Crippen molar-refractivity contribution in [3.8, 4) is 0 Å². The molecule has 1 aromatic carbocycles. The first kappa shape index (κ1) is 33.5. The topological polar surface area (TPSA) is 109 Å². The number of hydrazine groups is 1. The molecule has 0 atom stereocenters. The number of rotatable bonds is 6. The molecule has 2 heterocycles. The van der Waals surface area contributed by atoms with Gasteiger partial charge in [-0.15, -0.1) is 0 Å². The van der Waals surface area contributed by atoms with Gasteiger partial charge in [0.05, 0.1) is 17.6 Å². The molecule has 1 fully saturated rings. The van der Waals surface area contributed by atoms with Crippen molar-refractivity contribution < 1.29 is 18.0 Å². The van der Waals surface area contributed by atoms with Crippen LogP contribution < -0.4 is 21.9 Å². The van der Waals surface area contributed by atoms with E-state index < -0.39 is 17.7 Å². The molecule has 9 nitrogen and oxygen atoms in total. The van der Waals surface area contributed by atoms with Gasteiger partial charge in [0, 0.05) is 73.2 Å². The monoisotopic (exact) mass is 600 g/mol. The summed E-state index contributed by atoms with van der Waals surface area (Å²) in [5, 5.41) is 8.40. The number of piperazine rings is 1. The van der Waals surface area contributed by atoms with Crippen molar-refractivity contribution in [3.05, 3.63) is 87.7 Å². The van der Waals surface area contributed by atoms with E-state index in [0.29, 0.717) is 47.0 Å². The molecule has 0 saturated carbocycles. The number of anilines is 1. The van der Waals surface area contributed by atoms with E-state index in [1.807, 2.05) is 46.7 Å². The molecule has 234 valence electrons. The van der Waals surface area contributed by atoms with Crippen LogP contribution in [-0.2, 0) is 7.05 Å². The molecule has 1 saturated heterocycles. The quantitative estimate of drug-likeness (QED) is 0.325. The third-order valence-corrected chi connectivity index (χ3v) is 7.66. The molecule has 0 radical (unpaired) electrons. The van der Waals surface area contributed by atoms with Crippen molar-refractivity contribution in [1.82, 2.24) is 24.9 Å². The Labute approximate surface area is 251 Å². The van der Waals surface area contributed by atoms with E-state index in [4.69, 9.17) is 11.6 Å².